The van der Waals surface area contributed by atoms with Crippen LogP contribution < -0.4 is 14.2 Å². The number of aromatic amines is 1. The van der Waals surface area contributed by atoms with E-state index in [9.17, 15) is 13.2 Å². The van der Waals surface area contributed by atoms with Crippen LogP contribution in [0.15, 0.2) is 60.8 Å². The van der Waals surface area contributed by atoms with Gasteiger partial charge in [0, 0.05) is 17.3 Å². The molecule has 0 radical (unpaired) electrons. The maximum atomic E-state index is 13.4. The van der Waals surface area contributed by atoms with Gasteiger partial charge in [0.2, 0.25) is 5.88 Å². The lowest BCUT2D eigenvalue weighted by Crippen LogP contribution is -2.04. The first-order valence-corrected chi connectivity index (χ1v) is 11.6. The minimum atomic E-state index is -4.75. The molecule has 0 aliphatic carbocycles. The van der Waals surface area contributed by atoms with Crippen LogP contribution in [0.3, 0.4) is 0 Å². The van der Waals surface area contributed by atoms with Crippen LogP contribution in [0.5, 0.6) is 17.4 Å². The number of halogens is 6. The summed E-state index contributed by atoms with van der Waals surface area (Å²) < 4.78 is 57.2. The summed E-state index contributed by atoms with van der Waals surface area (Å²) in [6.45, 7) is 0.296. The molecule has 2 aromatic heterocycles. The number of rotatable bonds is 8. The Labute approximate surface area is 219 Å². The third-order valence-electron chi connectivity index (χ3n) is 5.14. The van der Waals surface area contributed by atoms with Crippen molar-refractivity contribution in [2.24, 2.45) is 0 Å². The molecule has 36 heavy (non-hydrogen) atoms. The Morgan fingerprint density at radius 3 is 2.08 bits per heavy atom. The summed E-state index contributed by atoms with van der Waals surface area (Å²) in [4.78, 5) is 6.72. The Kier molecular flexibility index (Phi) is 7.88. The zero-order valence-corrected chi connectivity index (χ0v) is 20.9. The molecule has 0 amide bonds. The molecule has 0 spiro atoms. The van der Waals surface area contributed by atoms with Gasteiger partial charge in [0.15, 0.2) is 0 Å². The second kappa shape index (κ2) is 10.9. The van der Waals surface area contributed by atoms with E-state index in [0.29, 0.717) is 10.8 Å². The monoisotopic (exact) mass is 556 g/mol. The Balaban J connectivity index is 1.66. The molecule has 0 atom stereocenters. The quantitative estimate of drug-likeness (QED) is 0.237. The van der Waals surface area contributed by atoms with Gasteiger partial charge < -0.3 is 19.2 Å². The number of hydrogen-bond acceptors (Lipinski definition) is 4. The molecule has 0 bridgehead atoms. The maximum absolute atomic E-state index is 13.4. The molecule has 0 fully saturated rings. The van der Waals surface area contributed by atoms with Gasteiger partial charge >= 0.3 is 6.18 Å². The van der Waals surface area contributed by atoms with Crippen molar-refractivity contribution in [2.75, 3.05) is 7.11 Å². The molecular formula is C25H18Cl3F3N2O3. The SMILES string of the molecule is COc1ccc(COc2cc(OCc3ccc(Cl)cc3)ncc2-c2[nH]c(Cl)c(C(F)(F)F)c2Cl)cc1. The summed E-state index contributed by atoms with van der Waals surface area (Å²) in [5.74, 6) is 1.07. The first kappa shape index (κ1) is 26.0. The van der Waals surface area contributed by atoms with Gasteiger partial charge in [-0.15, -0.1) is 0 Å². The summed E-state index contributed by atoms with van der Waals surface area (Å²) in [5.41, 5.74) is 0.596. The molecule has 0 saturated carbocycles. The van der Waals surface area contributed by atoms with Gasteiger partial charge in [-0.2, -0.15) is 13.2 Å². The molecule has 188 valence electrons. The first-order valence-electron chi connectivity index (χ1n) is 10.4. The van der Waals surface area contributed by atoms with Gasteiger partial charge in [-0.05, 0) is 35.4 Å². The Bertz CT molecular complexity index is 1340. The van der Waals surface area contributed by atoms with Crippen molar-refractivity contribution in [3.05, 3.63) is 92.7 Å². The largest absolute Gasteiger partial charge is 0.497 e. The fourth-order valence-corrected chi connectivity index (χ4v) is 4.13. The zero-order valence-electron chi connectivity index (χ0n) is 18.6. The molecule has 0 aliphatic rings. The van der Waals surface area contributed by atoms with Crippen LogP contribution in [0.1, 0.15) is 16.7 Å². The summed E-state index contributed by atoms with van der Waals surface area (Å²) >= 11 is 17.8. The van der Waals surface area contributed by atoms with E-state index in [4.69, 9.17) is 49.0 Å². The summed E-state index contributed by atoms with van der Waals surface area (Å²) in [6.07, 6.45) is -3.43. The van der Waals surface area contributed by atoms with Crippen molar-refractivity contribution in [2.45, 2.75) is 19.4 Å². The number of nitrogens with zero attached hydrogens (tertiary/aromatic N) is 1. The van der Waals surface area contributed by atoms with Crippen LogP contribution in [0, 0.1) is 0 Å². The number of methoxy groups -OCH3 is 1. The maximum Gasteiger partial charge on any atom is 0.420 e. The third-order valence-corrected chi connectivity index (χ3v) is 6.05. The highest BCUT2D eigenvalue weighted by Gasteiger charge is 2.39. The van der Waals surface area contributed by atoms with Gasteiger partial charge in [-0.1, -0.05) is 59.1 Å². The van der Waals surface area contributed by atoms with Crippen molar-refractivity contribution in [3.8, 4) is 28.6 Å². The molecule has 0 unspecified atom stereocenters. The van der Waals surface area contributed by atoms with Crippen molar-refractivity contribution in [1.82, 2.24) is 9.97 Å². The van der Waals surface area contributed by atoms with Crippen molar-refractivity contribution in [3.63, 3.8) is 0 Å². The standard InChI is InChI=1S/C25H18Cl3F3N2O3/c1-34-17-8-4-15(5-9-17)12-35-19-10-20(36-13-14-2-6-16(26)7-3-14)32-11-18(19)23-22(27)21(24(28)33-23)25(29,30)31/h2-11,33H,12-13H2,1H3. The van der Waals surface area contributed by atoms with Crippen LogP contribution in [0.2, 0.25) is 15.2 Å². The Morgan fingerprint density at radius 2 is 1.50 bits per heavy atom. The molecular weight excluding hydrogens is 540 g/mol. The number of pyridine rings is 1. The highest BCUT2D eigenvalue weighted by atomic mass is 35.5. The summed E-state index contributed by atoms with van der Waals surface area (Å²) in [7, 11) is 1.56. The highest BCUT2D eigenvalue weighted by molar-refractivity contribution is 6.38. The van der Waals surface area contributed by atoms with E-state index in [1.54, 1.807) is 55.6 Å². The van der Waals surface area contributed by atoms with Crippen LogP contribution in [-0.2, 0) is 19.4 Å². The van der Waals surface area contributed by atoms with Crippen molar-refractivity contribution in [1.29, 1.82) is 0 Å². The second-order valence-electron chi connectivity index (χ2n) is 7.57. The molecule has 0 aliphatic heterocycles. The fraction of sp³-hybridized carbons (Fsp3) is 0.160. The average Bonchev–Trinajstić information content (AvgIpc) is 3.16. The number of H-pyrrole nitrogens is 1. The zero-order chi connectivity index (χ0) is 25.9. The van der Waals surface area contributed by atoms with Gasteiger partial charge in [0.25, 0.3) is 0 Å². The minimum Gasteiger partial charge on any atom is -0.497 e. The molecule has 4 rings (SSSR count). The molecule has 11 heteroatoms. The van der Waals surface area contributed by atoms with Gasteiger partial charge in [0.05, 0.1) is 23.4 Å². The van der Waals surface area contributed by atoms with E-state index in [-0.39, 0.29) is 36.1 Å². The van der Waals surface area contributed by atoms with Crippen molar-refractivity contribution < 1.29 is 27.4 Å². The Morgan fingerprint density at radius 1 is 0.889 bits per heavy atom. The molecule has 4 aromatic rings. The smallest absolute Gasteiger partial charge is 0.420 e. The second-order valence-corrected chi connectivity index (χ2v) is 8.76. The lowest BCUT2D eigenvalue weighted by atomic mass is 10.1. The first-order chi connectivity index (χ1) is 17.2. The average molecular weight is 558 g/mol. The van der Waals surface area contributed by atoms with E-state index < -0.39 is 21.9 Å². The number of hydrogen-bond donors (Lipinski definition) is 1. The van der Waals surface area contributed by atoms with Gasteiger partial charge in [0.1, 0.15) is 35.4 Å². The van der Waals surface area contributed by atoms with E-state index in [0.717, 1.165) is 11.1 Å². The number of ether oxygens (including phenoxy) is 3. The van der Waals surface area contributed by atoms with E-state index >= 15 is 0 Å². The summed E-state index contributed by atoms with van der Waals surface area (Å²) in [6, 6.07) is 15.7. The topological polar surface area (TPSA) is 56.4 Å². The minimum absolute atomic E-state index is 0.0736. The predicted octanol–water partition coefficient (Wildman–Crippen LogP) is 8.22. The van der Waals surface area contributed by atoms with Crippen LogP contribution >= 0.6 is 34.8 Å². The number of benzene rings is 2. The van der Waals surface area contributed by atoms with E-state index in [1.165, 1.54) is 12.3 Å². The van der Waals surface area contributed by atoms with Crippen LogP contribution in [0.25, 0.3) is 11.3 Å². The highest BCUT2D eigenvalue weighted by Crippen LogP contribution is 2.46. The molecule has 1 N–H and O–H groups in total. The van der Waals surface area contributed by atoms with Gasteiger partial charge in [-0.25, -0.2) is 4.98 Å². The number of nitrogens with one attached hydrogen (secondary N) is 1. The van der Waals surface area contributed by atoms with E-state index in [1.807, 2.05) is 0 Å². The normalized spacial score (nSPS) is 11.4. The fourth-order valence-electron chi connectivity index (χ4n) is 3.31. The third kappa shape index (κ3) is 6.00. The van der Waals surface area contributed by atoms with Gasteiger partial charge in [-0.3, -0.25) is 0 Å². The van der Waals surface area contributed by atoms with Crippen molar-refractivity contribution >= 4 is 34.8 Å². The van der Waals surface area contributed by atoms with Crippen LogP contribution in [-0.4, -0.2) is 17.1 Å². The molecule has 0 saturated heterocycles. The lowest BCUT2D eigenvalue weighted by Gasteiger charge is -2.14. The summed E-state index contributed by atoms with van der Waals surface area (Å²) in [5, 5.41) is -0.625. The molecule has 5 nitrogen and oxygen atoms in total. The number of aromatic nitrogens is 2. The molecule has 2 aromatic carbocycles. The lowest BCUT2D eigenvalue weighted by molar-refractivity contribution is -0.137. The Hall–Kier alpha value is -3.07. The number of alkyl halides is 3. The van der Waals surface area contributed by atoms with Crippen LogP contribution in [0.4, 0.5) is 13.2 Å². The molecule has 2 heterocycles. The predicted molar refractivity (Wildman–Crippen MR) is 132 cm³/mol. The van der Waals surface area contributed by atoms with E-state index in [2.05, 4.69) is 9.97 Å².